The lowest BCUT2D eigenvalue weighted by Crippen LogP contribution is -2.30. The minimum absolute atomic E-state index is 0.0959. The van der Waals surface area contributed by atoms with Gasteiger partial charge in [-0.2, -0.15) is 5.10 Å². The molecular weight excluding hydrogens is 294 g/mol. The van der Waals surface area contributed by atoms with E-state index in [1.807, 2.05) is 31.2 Å². The second kappa shape index (κ2) is 6.27. The van der Waals surface area contributed by atoms with Crippen LogP contribution in [0.25, 0.3) is 5.69 Å². The second-order valence-corrected chi connectivity index (χ2v) is 5.05. The van der Waals surface area contributed by atoms with Crippen molar-refractivity contribution in [3.05, 3.63) is 76.7 Å². The van der Waals surface area contributed by atoms with Gasteiger partial charge in [0.2, 0.25) is 0 Å². The minimum Gasteiger partial charge on any atom is -0.367 e. The molecule has 0 aliphatic heterocycles. The van der Waals surface area contributed by atoms with Gasteiger partial charge in [-0.25, -0.2) is 9.67 Å². The molecule has 1 amide bonds. The van der Waals surface area contributed by atoms with Crippen LogP contribution in [0.1, 0.15) is 28.9 Å². The van der Waals surface area contributed by atoms with Crippen molar-refractivity contribution in [3.63, 3.8) is 0 Å². The average molecular weight is 309 g/mol. The van der Waals surface area contributed by atoms with E-state index in [2.05, 4.69) is 20.4 Å². The Morgan fingerprint density at radius 3 is 2.70 bits per heavy atom. The standard InChI is InChI=1S/C16H15N5O2/c1-11(20-16(23)14-8-17-7-6-15(14)22)12-2-4-13(5-3-12)21-10-18-9-19-21/h2-11H,1H3,(H,17,22)(H,20,23)/t11-/m0/s1. The van der Waals surface area contributed by atoms with Crippen molar-refractivity contribution in [2.45, 2.75) is 13.0 Å². The normalized spacial score (nSPS) is 11.9. The lowest BCUT2D eigenvalue weighted by molar-refractivity contribution is 0.0938. The molecule has 0 saturated carbocycles. The molecule has 0 fully saturated rings. The van der Waals surface area contributed by atoms with Crippen molar-refractivity contribution in [2.24, 2.45) is 0 Å². The summed E-state index contributed by atoms with van der Waals surface area (Å²) >= 11 is 0. The molecule has 1 atom stereocenters. The molecule has 0 bridgehead atoms. The van der Waals surface area contributed by atoms with Crippen molar-refractivity contribution >= 4 is 5.91 Å². The lowest BCUT2D eigenvalue weighted by atomic mass is 10.1. The topological polar surface area (TPSA) is 92.7 Å². The van der Waals surface area contributed by atoms with Crippen LogP contribution >= 0.6 is 0 Å². The Labute approximate surface area is 132 Å². The maximum absolute atomic E-state index is 12.1. The van der Waals surface area contributed by atoms with Crippen LogP contribution < -0.4 is 10.7 Å². The SMILES string of the molecule is C[C@H](NC(=O)c1c[nH]ccc1=O)c1ccc(-n2cncn2)cc1. The van der Waals surface area contributed by atoms with Gasteiger partial charge in [0.1, 0.15) is 18.2 Å². The van der Waals surface area contributed by atoms with E-state index in [1.54, 1.807) is 11.0 Å². The number of carbonyl (C=O) groups is 1. The molecular formula is C16H15N5O2. The van der Waals surface area contributed by atoms with E-state index in [0.717, 1.165) is 11.3 Å². The minimum atomic E-state index is -0.403. The summed E-state index contributed by atoms with van der Waals surface area (Å²) in [5, 5.41) is 6.87. The molecule has 0 aliphatic carbocycles. The van der Waals surface area contributed by atoms with E-state index in [0.29, 0.717) is 0 Å². The Morgan fingerprint density at radius 2 is 2.04 bits per heavy atom. The number of aromatic amines is 1. The zero-order chi connectivity index (χ0) is 16.2. The van der Waals surface area contributed by atoms with Crippen molar-refractivity contribution in [1.29, 1.82) is 0 Å². The summed E-state index contributed by atoms with van der Waals surface area (Å²) in [5.74, 6) is -0.403. The summed E-state index contributed by atoms with van der Waals surface area (Å²) in [6, 6.07) is 8.68. The molecule has 7 nitrogen and oxygen atoms in total. The van der Waals surface area contributed by atoms with Gasteiger partial charge in [-0.1, -0.05) is 12.1 Å². The molecule has 2 N–H and O–H groups in total. The van der Waals surface area contributed by atoms with Gasteiger partial charge in [0.15, 0.2) is 5.43 Å². The zero-order valence-electron chi connectivity index (χ0n) is 12.4. The van der Waals surface area contributed by atoms with Crippen molar-refractivity contribution in [1.82, 2.24) is 25.1 Å². The molecule has 1 aromatic carbocycles. The molecule has 2 heterocycles. The molecule has 0 spiro atoms. The first-order chi connectivity index (χ1) is 11.1. The predicted octanol–water partition coefficient (Wildman–Crippen LogP) is 1.45. The highest BCUT2D eigenvalue weighted by atomic mass is 16.2. The van der Waals surface area contributed by atoms with Crippen molar-refractivity contribution < 1.29 is 4.79 Å². The van der Waals surface area contributed by atoms with Crippen LogP contribution in [-0.2, 0) is 0 Å². The first-order valence-corrected chi connectivity index (χ1v) is 7.08. The molecule has 0 aliphatic rings. The first kappa shape index (κ1) is 14.7. The number of carbonyl (C=O) groups excluding carboxylic acids is 1. The largest absolute Gasteiger partial charge is 0.367 e. The third kappa shape index (κ3) is 3.18. The first-order valence-electron chi connectivity index (χ1n) is 7.08. The number of aromatic nitrogens is 4. The maximum atomic E-state index is 12.1. The smallest absolute Gasteiger partial charge is 0.257 e. The Kier molecular flexibility index (Phi) is 4.01. The fourth-order valence-corrected chi connectivity index (χ4v) is 2.21. The molecule has 3 aromatic rings. The van der Waals surface area contributed by atoms with Crippen LogP contribution in [0, 0.1) is 0 Å². The lowest BCUT2D eigenvalue weighted by Gasteiger charge is -2.14. The van der Waals surface area contributed by atoms with Gasteiger partial charge < -0.3 is 10.3 Å². The zero-order valence-corrected chi connectivity index (χ0v) is 12.4. The summed E-state index contributed by atoms with van der Waals surface area (Å²) in [4.78, 5) is 30.4. The predicted molar refractivity (Wildman–Crippen MR) is 84.3 cm³/mol. The van der Waals surface area contributed by atoms with E-state index in [-0.39, 0.29) is 17.0 Å². The molecule has 3 rings (SSSR count). The van der Waals surface area contributed by atoms with E-state index in [1.165, 1.54) is 24.8 Å². The van der Waals surface area contributed by atoms with E-state index < -0.39 is 5.91 Å². The van der Waals surface area contributed by atoms with Gasteiger partial charge in [-0.15, -0.1) is 0 Å². The summed E-state index contributed by atoms with van der Waals surface area (Å²) in [6.07, 6.45) is 5.97. The number of nitrogens with one attached hydrogen (secondary N) is 2. The Balaban J connectivity index is 1.73. The Morgan fingerprint density at radius 1 is 1.26 bits per heavy atom. The molecule has 23 heavy (non-hydrogen) atoms. The number of hydrogen-bond donors (Lipinski definition) is 2. The number of nitrogens with zero attached hydrogens (tertiary/aromatic N) is 3. The number of benzene rings is 1. The van der Waals surface area contributed by atoms with Gasteiger partial charge in [-0.05, 0) is 24.6 Å². The number of hydrogen-bond acceptors (Lipinski definition) is 4. The summed E-state index contributed by atoms with van der Waals surface area (Å²) in [5.41, 5.74) is 1.59. The third-order valence-corrected chi connectivity index (χ3v) is 3.49. The van der Waals surface area contributed by atoms with Crippen molar-refractivity contribution in [2.75, 3.05) is 0 Å². The van der Waals surface area contributed by atoms with Crippen LogP contribution in [0.2, 0.25) is 0 Å². The van der Waals surface area contributed by atoms with Crippen LogP contribution in [0.15, 0.2) is 60.2 Å². The Bertz CT molecular complexity index is 853. The quantitative estimate of drug-likeness (QED) is 0.763. The van der Waals surface area contributed by atoms with Gasteiger partial charge in [0, 0.05) is 18.5 Å². The summed E-state index contributed by atoms with van der Waals surface area (Å²) < 4.78 is 1.65. The van der Waals surface area contributed by atoms with E-state index in [4.69, 9.17) is 0 Å². The maximum Gasteiger partial charge on any atom is 0.257 e. The summed E-state index contributed by atoms with van der Waals surface area (Å²) in [6.45, 7) is 1.86. The fraction of sp³-hybridized carbons (Fsp3) is 0.125. The van der Waals surface area contributed by atoms with Gasteiger partial charge in [0.05, 0.1) is 11.7 Å². The van der Waals surface area contributed by atoms with Crippen LogP contribution in [0.4, 0.5) is 0 Å². The number of pyridine rings is 1. The molecule has 116 valence electrons. The van der Waals surface area contributed by atoms with Crippen LogP contribution in [-0.4, -0.2) is 25.7 Å². The number of amides is 1. The molecule has 7 heteroatoms. The third-order valence-electron chi connectivity index (χ3n) is 3.49. The molecule has 0 unspecified atom stereocenters. The van der Waals surface area contributed by atoms with Gasteiger partial charge in [-0.3, -0.25) is 9.59 Å². The highest BCUT2D eigenvalue weighted by Gasteiger charge is 2.14. The average Bonchev–Trinajstić information content (AvgIpc) is 3.09. The second-order valence-electron chi connectivity index (χ2n) is 5.05. The van der Waals surface area contributed by atoms with E-state index in [9.17, 15) is 9.59 Å². The number of rotatable bonds is 4. The van der Waals surface area contributed by atoms with Crippen LogP contribution in [0.5, 0.6) is 0 Å². The van der Waals surface area contributed by atoms with Crippen molar-refractivity contribution in [3.8, 4) is 5.69 Å². The highest BCUT2D eigenvalue weighted by molar-refractivity contribution is 5.93. The van der Waals surface area contributed by atoms with Gasteiger partial charge >= 0.3 is 0 Å². The van der Waals surface area contributed by atoms with E-state index >= 15 is 0 Å². The fourth-order valence-electron chi connectivity index (χ4n) is 2.21. The monoisotopic (exact) mass is 309 g/mol. The highest BCUT2D eigenvalue weighted by Crippen LogP contribution is 2.15. The molecule has 0 radical (unpaired) electrons. The molecule has 2 aromatic heterocycles. The van der Waals surface area contributed by atoms with Gasteiger partial charge in [0.25, 0.3) is 5.91 Å². The van der Waals surface area contributed by atoms with Crippen LogP contribution in [0.3, 0.4) is 0 Å². The number of H-pyrrole nitrogens is 1. The Hall–Kier alpha value is -3.22. The molecule has 0 saturated heterocycles. The summed E-state index contributed by atoms with van der Waals surface area (Å²) in [7, 11) is 0.